The average molecular weight is 217 g/mol. The number of phenols is 1. The molecule has 4 heteroatoms. The third-order valence-corrected chi connectivity index (χ3v) is 2.65. The molecular weight excluding hydrogens is 202 g/mol. The molecule has 0 amide bonds. The number of nitrogens with zero attached hydrogens (tertiary/aromatic N) is 2. The first-order valence-electron chi connectivity index (χ1n) is 5.19. The number of imidazole rings is 1. The van der Waals surface area contributed by atoms with Gasteiger partial charge in [0.2, 0.25) is 0 Å². The van der Waals surface area contributed by atoms with Crippen LogP contribution in [-0.4, -0.2) is 14.7 Å². The lowest BCUT2D eigenvalue weighted by Gasteiger charge is -2.15. The lowest BCUT2D eigenvalue weighted by Crippen LogP contribution is -2.18. The lowest BCUT2D eigenvalue weighted by molar-refractivity contribution is 0.453. The minimum absolute atomic E-state index is 0.228. The molecule has 0 bridgehead atoms. The standard InChI is InChI=1S/C12H15N3O/c1-9-14-6-7-15(9)8-11(13)10-4-2-3-5-12(10)16/h2-7,11,16H,8,13H2,1H3. The van der Waals surface area contributed by atoms with E-state index < -0.39 is 0 Å². The Hall–Kier alpha value is -1.81. The molecule has 1 aromatic carbocycles. The van der Waals surface area contributed by atoms with Crippen LogP contribution in [0.2, 0.25) is 0 Å². The fraction of sp³-hybridized carbons (Fsp3) is 0.250. The predicted molar refractivity (Wildman–Crippen MR) is 62.0 cm³/mol. The Morgan fingerprint density at radius 2 is 2.19 bits per heavy atom. The third kappa shape index (κ3) is 2.06. The van der Waals surface area contributed by atoms with E-state index in [0.717, 1.165) is 11.4 Å². The minimum atomic E-state index is -0.228. The highest BCUT2D eigenvalue weighted by molar-refractivity contribution is 5.34. The molecule has 0 aliphatic carbocycles. The molecule has 0 aliphatic rings. The van der Waals surface area contributed by atoms with Gasteiger partial charge in [0.15, 0.2) is 0 Å². The van der Waals surface area contributed by atoms with Gasteiger partial charge in [-0.3, -0.25) is 0 Å². The zero-order valence-electron chi connectivity index (χ0n) is 9.17. The number of hydrogen-bond donors (Lipinski definition) is 2. The number of hydrogen-bond acceptors (Lipinski definition) is 3. The summed E-state index contributed by atoms with van der Waals surface area (Å²) in [6, 6.07) is 6.92. The number of rotatable bonds is 3. The molecule has 3 N–H and O–H groups in total. The Balaban J connectivity index is 2.18. The molecule has 0 radical (unpaired) electrons. The van der Waals surface area contributed by atoms with Gasteiger partial charge in [-0.05, 0) is 13.0 Å². The highest BCUT2D eigenvalue weighted by atomic mass is 16.3. The van der Waals surface area contributed by atoms with Gasteiger partial charge in [-0.25, -0.2) is 4.98 Å². The van der Waals surface area contributed by atoms with E-state index in [-0.39, 0.29) is 11.8 Å². The van der Waals surface area contributed by atoms with Crippen molar-refractivity contribution >= 4 is 0 Å². The van der Waals surface area contributed by atoms with E-state index in [9.17, 15) is 5.11 Å². The van der Waals surface area contributed by atoms with Crippen molar-refractivity contribution in [2.75, 3.05) is 0 Å². The van der Waals surface area contributed by atoms with Crippen molar-refractivity contribution in [1.82, 2.24) is 9.55 Å². The van der Waals surface area contributed by atoms with Crippen LogP contribution in [0.25, 0.3) is 0 Å². The van der Waals surface area contributed by atoms with Crippen molar-refractivity contribution in [3.8, 4) is 5.75 Å². The molecule has 4 nitrogen and oxygen atoms in total. The second-order valence-corrected chi connectivity index (χ2v) is 3.79. The van der Waals surface area contributed by atoms with E-state index in [1.807, 2.05) is 29.8 Å². The Labute approximate surface area is 94.4 Å². The van der Waals surface area contributed by atoms with Gasteiger partial charge >= 0.3 is 0 Å². The zero-order chi connectivity index (χ0) is 11.5. The predicted octanol–water partition coefficient (Wildman–Crippen LogP) is 1.60. The first kappa shape index (κ1) is 10.7. The zero-order valence-corrected chi connectivity index (χ0v) is 9.17. The first-order valence-corrected chi connectivity index (χ1v) is 5.19. The molecule has 0 saturated heterocycles. The Morgan fingerprint density at radius 1 is 1.44 bits per heavy atom. The van der Waals surface area contributed by atoms with Crippen molar-refractivity contribution in [2.24, 2.45) is 5.73 Å². The van der Waals surface area contributed by atoms with E-state index in [1.54, 1.807) is 18.3 Å². The largest absolute Gasteiger partial charge is 0.508 e. The van der Waals surface area contributed by atoms with E-state index >= 15 is 0 Å². The summed E-state index contributed by atoms with van der Waals surface area (Å²) in [5.74, 6) is 1.17. The third-order valence-electron chi connectivity index (χ3n) is 2.65. The van der Waals surface area contributed by atoms with Gasteiger partial charge in [0.05, 0.1) is 6.04 Å². The quantitative estimate of drug-likeness (QED) is 0.820. The number of benzene rings is 1. The van der Waals surface area contributed by atoms with Crippen LogP contribution in [0.5, 0.6) is 5.75 Å². The highest BCUT2D eigenvalue weighted by Crippen LogP contribution is 2.23. The summed E-state index contributed by atoms with van der Waals surface area (Å²) in [7, 11) is 0. The van der Waals surface area contributed by atoms with Gasteiger partial charge < -0.3 is 15.4 Å². The molecule has 1 aromatic heterocycles. The Bertz CT molecular complexity index is 479. The molecule has 0 spiro atoms. The second-order valence-electron chi connectivity index (χ2n) is 3.79. The van der Waals surface area contributed by atoms with Crippen LogP contribution in [0.3, 0.4) is 0 Å². The number of aryl methyl sites for hydroxylation is 1. The Morgan fingerprint density at radius 3 is 2.81 bits per heavy atom. The van der Waals surface area contributed by atoms with E-state index in [4.69, 9.17) is 5.73 Å². The summed E-state index contributed by atoms with van der Waals surface area (Å²) in [6.07, 6.45) is 3.63. The van der Waals surface area contributed by atoms with Gasteiger partial charge in [0.1, 0.15) is 11.6 Å². The monoisotopic (exact) mass is 217 g/mol. The maximum absolute atomic E-state index is 9.67. The number of para-hydroxylation sites is 1. The number of aromatic hydroxyl groups is 1. The van der Waals surface area contributed by atoms with Crippen molar-refractivity contribution in [1.29, 1.82) is 0 Å². The van der Waals surface area contributed by atoms with Crippen LogP contribution in [0, 0.1) is 6.92 Å². The van der Waals surface area contributed by atoms with E-state index in [2.05, 4.69) is 4.98 Å². The van der Waals surface area contributed by atoms with Gasteiger partial charge in [-0.1, -0.05) is 18.2 Å². The minimum Gasteiger partial charge on any atom is -0.508 e. The average Bonchev–Trinajstić information content (AvgIpc) is 2.65. The molecular formula is C12H15N3O. The highest BCUT2D eigenvalue weighted by Gasteiger charge is 2.11. The number of aromatic nitrogens is 2. The molecule has 1 heterocycles. The van der Waals surface area contributed by atoms with E-state index in [1.165, 1.54) is 0 Å². The summed E-state index contributed by atoms with van der Waals surface area (Å²) in [5, 5.41) is 9.67. The van der Waals surface area contributed by atoms with Crippen molar-refractivity contribution < 1.29 is 5.11 Å². The number of nitrogens with two attached hydrogens (primary N) is 1. The van der Waals surface area contributed by atoms with Crippen LogP contribution in [0.1, 0.15) is 17.4 Å². The fourth-order valence-electron chi connectivity index (χ4n) is 1.71. The smallest absolute Gasteiger partial charge is 0.120 e. The van der Waals surface area contributed by atoms with Crippen molar-refractivity contribution in [3.05, 3.63) is 48.0 Å². The lowest BCUT2D eigenvalue weighted by atomic mass is 10.1. The van der Waals surface area contributed by atoms with Crippen LogP contribution in [0.15, 0.2) is 36.7 Å². The maximum atomic E-state index is 9.67. The molecule has 2 rings (SSSR count). The second kappa shape index (κ2) is 4.37. The molecule has 0 fully saturated rings. The van der Waals surface area contributed by atoms with Crippen LogP contribution < -0.4 is 5.73 Å². The molecule has 1 atom stereocenters. The van der Waals surface area contributed by atoms with E-state index in [0.29, 0.717) is 6.54 Å². The normalized spacial score (nSPS) is 12.6. The molecule has 2 aromatic rings. The van der Waals surface area contributed by atoms with Gasteiger partial charge in [0.25, 0.3) is 0 Å². The topological polar surface area (TPSA) is 64.1 Å². The summed E-state index contributed by atoms with van der Waals surface area (Å²) >= 11 is 0. The van der Waals surface area contributed by atoms with Gasteiger partial charge in [-0.2, -0.15) is 0 Å². The molecule has 1 unspecified atom stereocenters. The molecule has 0 saturated carbocycles. The van der Waals surface area contributed by atoms with Gasteiger partial charge in [-0.15, -0.1) is 0 Å². The Kier molecular flexibility index (Phi) is 2.92. The fourth-order valence-corrected chi connectivity index (χ4v) is 1.71. The summed E-state index contributed by atoms with van der Waals surface area (Å²) < 4.78 is 1.97. The van der Waals surface area contributed by atoms with Crippen molar-refractivity contribution in [3.63, 3.8) is 0 Å². The SMILES string of the molecule is Cc1nccn1CC(N)c1ccccc1O. The first-order chi connectivity index (χ1) is 7.68. The molecule has 0 aliphatic heterocycles. The summed E-state index contributed by atoms with van der Waals surface area (Å²) in [6.45, 7) is 2.54. The summed E-state index contributed by atoms with van der Waals surface area (Å²) in [5.41, 5.74) is 6.81. The number of phenolic OH excluding ortho intramolecular Hbond substituents is 1. The van der Waals surface area contributed by atoms with Gasteiger partial charge in [0, 0.05) is 24.5 Å². The van der Waals surface area contributed by atoms with Crippen LogP contribution in [-0.2, 0) is 6.54 Å². The molecule has 84 valence electrons. The molecule has 16 heavy (non-hydrogen) atoms. The van der Waals surface area contributed by atoms with Crippen LogP contribution >= 0.6 is 0 Å². The van der Waals surface area contributed by atoms with Crippen molar-refractivity contribution in [2.45, 2.75) is 19.5 Å². The summed E-state index contributed by atoms with van der Waals surface area (Å²) in [4.78, 5) is 4.13. The maximum Gasteiger partial charge on any atom is 0.120 e. The van der Waals surface area contributed by atoms with Crippen LogP contribution in [0.4, 0.5) is 0 Å².